The third-order valence-corrected chi connectivity index (χ3v) is 2.98. The molecule has 0 aliphatic heterocycles. The van der Waals surface area contributed by atoms with Crippen LogP contribution >= 0.6 is 0 Å². The van der Waals surface area contributed by atoms with Crippen molar-refractivity contribution in [2.45, 2.75) is 33.3 Å². The van der Waals surface area contributed by atoms with Crippen LogP contribution in [0, 0.1) is 5.82 Å². The summed E-state index contributed by atoms with van der Waals surface area (Å²) >= 11 is 0. The Hall–Kier alpha value is -1.82. The zero-order valence-electron chi connectivity index (χ0n) is 14.3. The zero-order valence-corrected chi connectivity index (χ0v) is 14.3. The molecule has 130 valence electrons. The molecule has 0 aliphatic rings. The first kappa shape index (κ1) is 19.2. The average molecular weight is 325 g/mol. The van der Waals surface area contributed by atoms with Crippen molar-refractivity contribution in [2.75, 3.05) is 32.8 Å². The molecule has 5 nitrogen and oxygen atoms in total. The van der Waals surface area contributed by atoms with Crippen molar-refractivity contribution in [3.63, 3.8) is 0 Å². The molecule has 0 aromatic heterocycles. The average Bonchev–Trinajstić information content (AvgIpc) is 2.54. The lowest BCUT2D eigenvalue weighted by Gasteiger charge is -2.15. The molecule has 0 heterocycles. The van der Waals surface area contributed by atoms with Crippen LogP contribution in [0.25, 0.3) is 0 Å². The second-order valence-electron chi connectivity index (χ2n) is 5.06. The molecular weight excluding hydrogens is 297 g/mol. The van der Waals surface area contributed by atoms with E-state index in [0.717, 1.165) is 38.7 Å². The Morgan fingerprint density at radius 3 is 2.74 bits per heavy atom. The van der Waals surface area contributed by atoms with E-state index in [0.29, 0.717) is 6.54 Å². The topological polar surface area (TPSA) is 54.9 Å². The molecule has 0 saturated heterocycles. The van der Waals surface area contributed by atoms with Crippen LogP contribution in [0.3, 0.4) is 0 Å². The first-order valence-electron chi connectivity index (χ1n) is 8.18. The Morgan fingerprint density at radius 2 is 2.04 bits per heavy atom. The fourth-order valence-electron chi connectivity index (χ4n) is 1.88. The molecule has 0 saturated carbocycles. The van der Waals surface area contributed by atoms with E-state index in [-0.39, 0.29) is 17.7 Å². The first-order valence-corrected chi connectivity index (χ1v) is 8.18. The van der Waals surface area contributed by atoms with Crippen LogP contribution < -0.4 is 15.4 Å². The highest BCUT2D eigenvalue weighted by molar-refractivity contribution is 5.79. The highest BCUT2D eigenvalue weighted by Crippen LogP contribution is 2.16. The molecule has 1 rings (SSSR count). The molecule has 0 aliphatic carbocycles. The van der Waals surface area contributed by atoms with Crippen molar-refractivity contribution in [3.05, 3.63) is 30.1 Å². The van der Waals surface area contributed by atoms with E-state index in [1.54, 1.807) is 18.2 Å². The van der Waals surface area contributed by atoms with Gasteiger partial charge in [0.05, 0.1) is 6.54 Å². The lowest BCUT2D eigenvalue weighted by Crippen LogP contribution is -2.38. The fourth-order valence-corrected chi connectivity index (χ4v) is 1.88. The molecule has 0 bridgehead atoms. The molecule has 1 unspecified atom stereocenters. The molecule has 2 N–H and O–H groups in total. The van der Waals surface area contributed by atoms with Crippen molar-refractivity contribution in [2.24, 2.45) is 4.99 Å². The van der Waals surface area contributed by atoms with E-state index in [9.17, 15) is 4.39 Å². The standard InChI is InChI=1S/C17H28FN3O2/c1-4-19-17(20-11-8-12-22-5-2)21-13-14(3)23-16-10-7-6-9-15(16)18/h6-7,9-10,14H,4-5,8,11-13H2,1-3H3,(H2,19,20,21). The van der Waals surface area contributed by atoms with Gasteiger partial charge in [0.15, 0.2) is 17.5 Å². The van der Waals surface area contributed by atoms with E-state index in [1.165, 1.54) is 6.07 Å². The van der Waals surface area contributed by atoms with Crippen LogP contribution in [-0.2, 0) is 4.74 Å². The van der Waals surface area contributed by atoms with Gasteiger partial charge >= 0.3 is 0 Å². The molecule has 0 spiro atoms. The second kappa shape index (κ2) is 11.7. The van der Waals surface area contributed by atoms with Crippen molar-refractivity contribution < 1.29 is 13.9 Å². The molecule has 6 heteroatoms. The van der Waals surface area contributed by atoms with Gasteiger partial charge in [-0.05, 0) is 39.3 Å². The van der Waals surface area contributed by atoms with E-state index < -0.39 is 0 Å². The first-order chi connectivity index (χ1) is 11.2. The highest BCUT2D eigenvalue weighted by Gasteiger charge is 2.08. The van der Waals surface area contributed by atoms with Gasteiger partial charge in [0, 0.05) is 26.3 Å². The molecule has 0 fully saturated rings. The maximum absolute atomic E-state index is 13.5. The minimum absolute atomic E-state index is 0.217. The lowest BCUT2D eigenvalue weighted by molar-refractivity contribution is 0.145. The summed E-state index contributed by atoms with van der Waals surface area (Å²) in [6.45, 7) is 9.33. The van der Waals surface area contributed by atoms with Gasteiger partial charge in [0.1, 0.15) is 6.10 Å². The molecular formula is C17H28FN3O2. The van der Waals surface area contributed by atoms with Gasteiger partial charge < -0.3 is 20.1 Å². The minimum atomic E-state index is -0.357. The zero-order chi connectivity index (χ0) is 16.9. The number of aliphatic imine (C=N–C) groups is 1. The van der Waals surface area contributed by atoms with E-state index in [2.05, 4.69) is 15.6 Å². The molecule has 0 radical (unpaired) electrons. The lowest BCUT2D eigenvalue weighted by atomic mass is 10.3. The SMILES string of the molecule is CCNC(=NCC(C)Oc1ccccc1F)NCCCOCC. The molecule has 0 amide bonds. The van der Waals surface area contributed by atoms with Crippen LogP contribution in [0.15, 0.2) is 29.3 Å². The number of rotatable bonds is 10. The van der Waals surface area contributed by atoms with Gasteiger partial charge in [-0.3, -0.25) is 0 Å². The fraction of sp³-hybridized carbons (Fsp3) is 0.588. The predicted octanol–water partition coefficient (Wildman–Crippen LogP) is 2.57. The smallest absolute Gasteiger partial charge is 0.191 e. The van der Waals surface area contributed by atoms with Crippen LogP contribution in [0.1, 0.15) is 27.2 Å². The van der Waals surface area contributed by atoms with Crippen molar-refractivity contribution in [3.8, 4) is 5.75 Å². The molecule has 1 aromatic carbocycles. The predicted molar refractivity (Wildman–Crippen MR) is 91.6 cm³/mol. The molecule has 23 heavy (non-hydrogen) atoms. The van der Waals surface area contributed by atoms with Gasteiger partial charge in [0.2, 0.25) is 0 Å². The Kier molecular flexibility index (Phi) is 9.79. The normalized spacial score (nSPS) is 12.8. The van der Waals surface area contributed by atoms with Crippen LogP contribution in [0.4, 0.5) is 4.39 Å². The van der Waals surface area contributed by atoms with E-state index in [1.807, 2.05) is 20.8 Å². The Labute approximate surface area is 138 Å². The highest BCUT2D eigenvalue weighted by atomic mass is 19.1. The molecule has 1 aromatic rings. The van der Waals surface area contributed by atoms with Gasteiger partial charge in [0.25, 0.3) is 0 Å². The van der Waals surface area contributed by atoms with Crippen molar-refractivity contribution in [1.29, 1.82) is 0 Å². The van der Waals surface area contributed by atoms with Crippen LogP contribution in [-0.4, -0.2) is 44.9 Å². The number of guanidine groups is 1. The number of para-hydroxylation sites is 1. The van der Waals surface area contributed by atoms with Gasteiger partial charge in [-0.15, -0.1) is 0 Å². The maximum atomic E-state index is 13.5. The largest absolute Gasteiger partial charge is 0.486 e. The number of halogens is 1. The number of nitrogens with zero attached hydrogens (tertiary/aromatic N) is 1. The number of ether oxygens (including phenoxy) is 2. The van der Waals surface area contributed by atoms with E-state index >= 15 is 0 Å². The summed E-state index contributed by atoms with van der Waals surface area (Å²) in [5.74, 6) is 0.627. The van der Waals surface area contributed by atoms with Crippen molar-refractivity contribution in [1.82, 2.24) is 10.6 Å². The Bertz CT molecular complexity index is 469. The summed E-state index contributed by atoms with van der Waals surface area (Å²) in [5.41, 5.74) is 0. The molecule has 1 atom stereocenters. The van der Waals surface area contributed by atoms with Gasteiger partial charge in [-0.1, -0.05) is 12.1 Å². The summed E-state index contributed by atoms with van der Waals surface area (Å²) in [6.07, 6.45) is 0.699. The third kappa shape index (κ3) is 8.40. The summed E-state index contributed by atoms with van der Waals surface area (Å²) < 4.78 is 24.4. The maximum Gasteiger partial charge on any atom is 0.191 e. The van der Waals surface area contributed by atoms with Crippen LogP contribution in [0.5, 0.6) is 5.75 Å². The minimum Gasteiger partial charge on any atom is -0.486 e. The summed E-state index contributed by atoms with van der Waals surface area (Å²) in [6, 6.07) is 6.39. The van der Waals surface area contributed by atoms with Crippen molar-refractivity contribution >= 4 is 5.96 Å². The third-order valence-electron chi connectivity index (χ3n) is 2.98. The van der Waals surface area contributed by atoms with Gasteiger partial charge in [-0.2, -0.15) is 0 Å². The number of benzene rings is 1. The summed E-state index contributed by atoms with van der Waals surface area (Å²) in [5, 5.41) is 6.41. The van der Waals surface area contributed by atoms with E-state index in [4.69, 9.17) is 9.47 Å². The summed E-state index contributed by atoms with van der Waals surface area (Å²) in [4.78, 5) is 4.46. The monoisotopic (exact) mass is 325 g/mol. The Balaban J connectivity index is 2.41. The van der Waals surface area contributed by atoms with Gasteiger partial charge in [-0.25, -0.2) is 9.38 Å². The summed E-state index contributed by atoms with van der Waals surface area (Å²) in [7, 11) is 0. The number of hydrogen-bond donors (Lipinski definition) is 2. The number of nitrogens with one attached hydrogen (secondary N) is 2. The number of hydrogen-bond acceptors (Lipinski definition) is 3. The second-order valence-corrected chi connectivity index (χ2v) is 5.06. The van der Waals surface area contributed by atoms with Crippen LogP contribution in [0.2, 0.25) is 0 Å². The Morgan fingerprint density at radius 1 is 1.26 bits per heavy atom. The quantitative estimate of drug-likeness (QED) is 0.394.